The quantitative estimate of drug-likeness (QED) is 0.722. The van der Waals surface area contributed by atoms with Gasteiger partial charge in [0.05, 0.1) is 4.90 Å². The third-order valence-corrected chi connectivity index (χ3v) is 6.58. The van der Waals surface area contributed by atoms with E-state index >= 15 is 0 Å². The molecule has 0 saturated carbocycles. The van der Waals surface area contributed by atoms with Gasteiger partial charge in [-0.2, -0.15) is 4.31 Å². The molecule has 0 radical (unpaired) electrons. The molecule has 1 aliphatic rings. The molecule has 1 saturated heterocycles. The maximum Gasteiger partial charge on any atom is 0.573 e. The van der Waals surface area contributed by atoms with E-state index in [0.29, 0.717) is 12.8 Å². The number of nitrogens with zero attached hydrogens (tertiary/aromatic N) is 1. The van der Waals surface area contributed by atoms with Gasteiger partial charge in [-0.05, 0) is 56.2 Å². The second kappa shape index (κ2) is 9.15. The highest BCUT2D eigenvalue weighted by Gasteiger charge is 2.32. The minimum absolute atomic E-state index is 0.206. The second-order valence-corrected chi connectivity index (χ2v) is 8.96. The zero-order valence-corrected chi connectivity index (χ0v) is 17.4. The molecule has 1 N–H and O–H groups in total. The molecular weight excluding hydrogens is 437 g/mol. The molecule has 0 spiro atoms. The lowest BCUT2D eigenvalue weighted by Gasteiger charge is -2.30. The number of halogens is 3. The van der Waals surface area contributed by atoms with Gasteiger partial charge < -0.3 is 9.47 Å². The fourth-order valence-corrected chi connectivity index (χ4v) is 4.56. The molecular formula is C20H21F3N2O5S. The number of ether oxygens (including phenoxy) is 2. The number of amides is 1. The smallest absolute Gasteiger partial charge is 0.446 e. The van der Waals surface area contributed by atoms with Crippen LogP contribution in [0.15, 0.2) is 53.4 Å². The monoisotopic (exact) mass is 458 g/mol. The molecule has 7 nitrogen and oxygen atoms in total. The molecule has 0 atom stereocenters. The maximum atomic E-state index is 12.7. The molecule has 1 fully saturated rings. The van der Waals surface area contributed by atoms with Gasteiger partial charge in [0, 0.05) is 18.8 Å². The molecule has 31 heavy (non-hydrogen) atoms. The van der Waals surface area contributed by atoms with Crippen LogP contribution in [0, 0.1) is 6.92 Å². The number of benzene rings is 2. The van der Waals surface area contributed by atoms with Gasteiger partial charge in [-0.15, -0.1) is 13.2 Å². The lowest BCUT2D eigenvalue weighted by Crippen LogP contribution is -2.41. The van der Waals surface area contributed by atoms with Gasteiger partial charge in [0.2, 0.25) is 10.0 Å². The molecule has 3 rings (SSSR count). The van der Waals surface area contributed by atoms with Crippen LogP contribution in [0.3, 0.4) is 0 Å². The summed E-state index contributed by atoms with van der Waals surface area (Å²) in [5, 5.41) is 2.42. The van der Waals surface area contributed by atoms with Crippen molar-refractivity contribution in [2.75, 3.05) is 18.4 Å². The molecule has 0 aliphatic carbocycles. The number of carbonyl (C=O) groups is 1. The van der Waals surface area contributed by atoms with Gasteiger partial charge in [-0.3, -0.25) is 5.32 Å². The Bertz CT molecular complexity index is 1000. The first-order valence-corrected chi connectivity index (χ1v) is 10.9. The topological polar surface area (TPSA) is 84.9 Å². The third kappa shape index (κ3) is 6.34. The van der Waals surface area contributed by atoms with Crippen LogP contribution in [-0.4, -0.2) is 44.4 Å². The van der Waals surface area contributed by atoms with Crippen molar-refractivity contribution < 1.29 is 35.9 Å². The van der Waals surface area contributed by atoms with E-state index in [1.165, 1.54) is 16.4 Å². The van der Waals surface area contributed by atoms with Crippen molar-refractivity contribution in [2.45, 2.75) is 37.1 Å². The number of hydrogen-bond acceptors (Lipinski definition) is 5. The van der Waals surface area contributed by atoms with Gasteiger partial charge >= 0.3 is 12.5 Å². The van der Waals surface area contributed by atoms with Gasteiger partial charge in [-0.1, -0.05) is 17.7 Å². The van der Waals surface area contributed by atoms with Crippen molar-refractivity contribution in [3.05, 3.63) is 54.1 Å². The number of alkyl halides is 3. The van der Waals surface area contributed by atoms with Crippen LogP contribution in [0.4, 0.5) is 23.7 Å². The van der Waals surface area contributed by atoms with E-state index in [4.69, 9.17) is 4.74 Å². The SMILES string of the molecule is Cc1ccc(S(=O)(=O)N2CCC(OC(=O)Nc3ccc(OC(F)(F)F)cc3)CC2)cc1. The van der Waals surface area contributed by atoms with Crippen LogP contribution < -0.4 is 10.1 Å². The molecule has 1 heterocycles. The predicted molar refractivity (Wildman–Crippen MR) is 106 cm³/mol. The highest BCUT2D eigenvalue weighted by Crippen LogP contribution is 2.25. The number of nitrogens with one attached hydrogen (secondary N) is 1. The van der Waals surface area contributed by atoms with Crippen LogP contribution in [0.5, 0.6) is 5.75 Å². The summed E-state index contributed by atoms with van der Waals surface area (Å²) in [4.78, 5) is 12.3. The number of piperidine rings is 1. The lowest BCUT2D eigenvalue weighted by molar-refractivity contribution is -0.274. The van der Waals surface area contributed by atoms with E-state index in [1.54, 1.807) is 24.3 Å². The number of aryl methyl sites for hydroxylation is 1. The number of anilines is 1. The minimum Gasteiger partial charge on any atom is -0.446 e. The first-order valence-electron chi connectivity index (χ1n) is 9.43. The zero-order chi connectivity index (χ0) is 22.6. The van der Waals surface area contributed by atoms with E-state index < -0.39 is 34.3 Å². The van der Waals surface area contributed by atoms with E-state index in [9.17, 15) is 26.4 Å². The number of rotatable bonds is 5. The van der Waals surface area contributed by atoms with Crippen LogP contribution in [0.25, 0.3) is 0 Å². The van der Waals surface area contributed by atoms with Crippen LogP contribution in [0.2, 0.25) is 0 Å². The molecule has 0 aromatic heterocycles. The Balaban J connectivity index is 1.49. The Morgan fingerprint density at radius 1 is 1.03 bits per heavy atom. The fraction of sp³-hybridized carbons (Fsp3) is 0.350. The molecule has 11 heteroatoms. The van der Waals surface area contributed by atoms with Crippen molar-refractivity contribution in [1.29, 1.82) is 0 Å². The third-order valence-electron chi connectivity index (χ3n) is 4.67. The number of sulfonamides is 1. The van der Waals surface area contributed by atoms with Crippen LogP contribution in [0.1, 0.15) is 18.4 Å². The van der Waals surface area contributed by atoms with E-state index in [2.05, 4.69) is 10.1 Å². The summed E-state index contributed by atoms with van der Waals surface area (Å²) in [5.41, 5.74) is 1.19. The van der Waals surface area contributed by atoms with Gasteiger partial charge in [-0.25, -0.2) is 13.2 Å². The molecule has 2 aromatic rings. The molecule has 1 aliphatic heterocycles. The molecule has 0 bridgehead atoms. The van der Waals surface area contributed by atoms with Crippen molar-refractivity contribution in [2.24, 2.45) is 0 Å². The van der Waals surface area contributed by atoms with Crippen LogP contribution >= 0.6 is 0 Å². The molecule has 0 unspecified atom stereocenters. The fourth-order valence-electron chi connectivity index (χ4n) is 3.09. The molecule has 2 aromatic carbocycles. The average Bonchev–Trinajstić information content (AvgIpc) is 2.69. The standard InChI is InChI=1S/C20H21F3N2O5S/c1-14-2-8-18(9-3-14)31(27,28)25-12-10-16(11-13-25)29-19(26)24-15-4-6-17(7-5-15)30-20(21,22)23/h2-9,16H,10-13H2,1H3,(H,24,26). The summed E-state index contributed by atoms with van der Waals surface area (Å²) < 4.78 is 72.4. The Morgan fingerprint density at radius 3 is 2.16 bits per heavy atom. The number of carbonyl (C=O) groups excluding carboxylic acids is 1. The Labute approximate surface area is 177 Å². The second-order valence-electron chi connectivity index (χ2n) is 7.02. The Kier molecular flexibility index (Phi) is 6.75. The Hall–Kier alpha value is -2.79. The first-order chi connectivity index (χ1) is 14.5. The minimum atomic E-state index is -4.80. The summed E-state index contributed by atoms with van der Waals surface area (Å²) in [5.74, 6) is -0.409. The summed E-state index contributed by atoms with van der Waals surface area (Å²) >= 11 is 0. The predicted octanol–water partition coefficient (Wildman–Crippen LogP) is 4.30. The largest absolute Gasteiger partial charge is 0.573 e. The zero-order valence-electron chi connectivity index (χ0n) is 16.6. The van der Waals surface area contributed by atoms with Crippen molar-refractivity contribution in [3.8, 4) is 5.75 Å². The highest BCUT2D eigenvalue weighted by molar-refractivity contribution is 7.89. The van der Waals surface area contributed by atoms with Crippen LogP contribution in [-0.2, 0) is 14.8 Å². The van der Waals surface area contributed by atoms with Crippen molar-refractivity contribution in [1.82, 2.24) is 4.31 Å². The molecule has 1 amide bonds. The average molecular weight is 458 g/mol. The van der Waals surface area contributed by atoms with Crippen molar-refractivity contribution >= 4 is 21.8 Å². The van der Waals surface area contributed by atoms with E-state index in [1.807, 2.05) is 6.92 Å². The number of hydrogen-bond donors (Lipinski definition) is 1. The summed E-state index contributed by atoms with van der Waals surface area (Å²) in [6.07, 6.45) is -5.38. The summed E-state index contributed by atoms with van der Waals surface area (Å²) in [6.45, 7) is 2.28. The normalized spacial score (nSPS) is 16.0. The van der Waals surface area contributed by atoms with Crippen molar-refractivity contribution in [3.63, 3.8) is 0 Å². The summed E-state index contributed by atoms with van der Waals surface area (Å²) in [7, 11) is -3.61. The lowest BCUT2D eigenvalue weighted by atomic mass is 10.1. The van der Waals surface area contributed by atoms with Gasteiger partial charge in [0.1, 0.15) is 11.9 Å². The maximum absolute atomic E-state index is 12.7. The Morgan fingerprint density at radius 2 is 1.61 bits per heavy atom. The molecule has 168 valence electrons. The summed E-state index contributed by atoms with van der Waals surface area (Å²) in [6, 6.07) is 11.2. The first kappa shape index (κ1) is 22.9. The van der Waals surface area contributed by atoms with Gasteiger partial charge in [0.15, 0.2) is 0 Å². The van der Waals surface area contributed by atoms with E-state index in [0.717, 1.165) is 17.7 Å². The van der Waals surface area contributed by atoms with E-state index in [-0.39, 0.29) is 23.7 Å². The van der Waals surface area contributed by atoms with Gasteiger partial charge in [0.25, 0.3) is 0 Å². The highest BCUT2D eigenvalue weighted by atomic mass is 32.2.